The molecule has 8 nitrogen and oxygen atoms in total. The van der Waals surface area contributed by atoms with Crippen LogP contribution in [0.5, 0.6) is 6.01 Å². The summed E-state index contributed by atoms with van der Waals surface area (Å²) in [5.41, 5.74) is 2.08. The molecule has 0 bridgehead atoms. The molecule has 0 aromatic carbocycles. The zero-order valence-corrected chi connectivity index (χ0v) is 12.8. The minimum atomic E-state index is 0.321. The van der Waals surface area contributed by atoms with Gasteiger partial charge in [-0.25, -0.2) is 0 Å². The second-order valence-electron chi connectivity index (χ2n) is 4.63. The van der Waals surface area contributed by atoms with Crippen molar-refractivity contribution < 1.29 is 4.74 Å². The number of hydrogen-bond donors (Lipinski definition) is 2. The van der Waals surface area contributed by atoms with E-state index in [9.17, 15) is 0 Å². The lowest BCUT2D eigenvalue weighted by molar-refractivity contribution is 0.292. The molecule has 114 valence electrons. The van der Waals surface area contributed by atoms with E-state index >= 15 is 0 Å². The van der Waals surface area contributed by atoms with Gasteiger partial charge >= 0.3 is 6.01 Å². The lowest BCUT2D eigenvalue weighted by Crippen LogP contribution is -2.10. The van der Waals surface area contributed by atoms with Crippen LogP contribution in [-0.2, 0) is 13.6 Å². The monoisotopic (exact) mass is 291 g/mol. The van der Waals surface area contributed by atoms with E-state index in [0.29, 0.717) is 31.1 Å². The molecule has 0 aliphatic heterocycles. The van der Waals surface area contributed by atoms with Crippen molar-refractivity contribution in [3.63, 3.8) is 0 Å². The molecular weight excluding hydrogens is 270 g/mol. The Kier molecular flexibility index (Phi) is 4.91. The summed E-state index contributed by atoms with van der Waals surface area (Å²) in [6.07, 6.45) is 2.87. The van der Waals surface area contributed by atoms with E-state index in [1.54, 1.807) is 11.7 Å². The molecule has 0 unspecified atom stereocenters. The molecule has 2 aromatic rings. The summed E-state index contributed by atoms with van der Waals surface area (Å²) in [6, 6.07) is 0.321. The maximum atomic E-state index is 5.46. The number of rotatable bonds is 7. The first-order chi connectivity index (χ1) is 10.1. The molecule has 0 aliphatic carbocycles. The summed E-state index contributed by atoms with van der Waals surface area (Å²) in [6.45, 7) is 5.18. The third-order valence-electron chi connectivity index (χ3n) is 2.83. The molecule has 2 heterocycles. The molecule has 0 atom stereocenters. The first-order valence-electron chi connectivity index (χ1n) is 6.92. The summed E-state index contributed by atoms with van der Waals surface area (Å²) in [4.78, 5) is 12.7. The number of ether oxygens (including phenoxy) is 1. The second-order valence-corrected chi connectivity index (χ2v) is 4.63. The Morgan fingerprint density at radius 2 is 2.00 bits per heavy atom. The fraction of sp³-hybridized carbons (Fsp3) is 0.538. The number of nitrogens with zero attached hydrogens (tertiary/aromatic N) is 5. The van der Waals surface area contributed by atoms with Crippen LogP contribution in [0.3, 0.4) is 0 Å². The molecule has 2 N–H and O–H groups in total. The molecule has 0 saturated carbocycles. The highest BCUT2D eigenvalue weighted by Gasteiger charge is 2.08. The van der Waals surface area contributed by atoms with Crippen molar-refractivity contribution in [2.24, 2.45) is 7.05 Å². The highest BCUT2D eigenvalue weighted by molar-refractivity contribution is 5.36. The van der Waals surface area contributed by atoms with Gasteiger partial charge in [0.2, 0.25) is 11.9 Å². The zero-order valence-electron chi connectivity index (χ0n) is 12.8. The van der Waals surface area contributed by atoms with Gasteiger partial charge < -0.3 is 15.4 Å². The van der Waals surface area contributed by atoms with E-state index in [4.69, 9.17) is 4.74 Å². The quantitative estimate of drug-likeness (QED) is 0.796. The molecule has 0 fully saturated rings. The number of aromatic nitrogens is 5. The Hall–Kier alpha value is -2.38. The molecule has 0 radical (unpaired) electrons. The van der Waals surface area contributed by atoms with E-state index in [-0.39, 0.29) is 0 Å². The van der Waals surface area contributed by atoms with Gasteiger partial charge in [-0.2, -0.15) is 20.1 Å². The van der Waals surface area contributed by atoms with Gasteiger partial charge in [0.05, 0.1) is 12.3 Å². The van der Waals surface area contributed by atoms with E-state index in [2.05, 4.69) is 30.7 Å². The van der Waals surface area contributed by atoms with Crippen LogP contribution in [0, 0.1) is 6.92 Å². The van der Waals surface area contributed by atoms with Crippen LogP contribution in [0.15, 0.2) is 6.20 Å². The average Bonchev–Trinajstić information content (AvgIpc) is 2.80. The van der Waals surface area contributed by atoms with E-state index < -0.39 is 0 Å². The molecule has 0 amide bonds. The first-order valence-corrected chi connectivity index (χ1v) is 6.92. The number of nitrogens with one attached hydrogen (secondary N) is 2. The highest BCUT2D eigenvalue weighted by Crippen LogP contribution is 2.13. The fourth-order valence-corrected chi connectivity index (χ4v) is 1.80. The maximum Gasteiger partial charge on any atom is 0.323 e. The van der Waals surface area contributed by atoms with Crippen molar-refractivity contribution in [1.29, 1.82) is 0 Å². The topological polar surface area (TPSA) is 89.8 Å². The predicted octanol–water partition coefficient (Wildman–Crippen LogP) is 1.36. The molecular formula is C13H21N7O. The van der Waals surface area contributed by atoms with Crippen LogP contribution in [0.1, 0.15) is 24.6 Å². The van der Waals surface area contributed by atoms with Gasteiger partial charge in [-0.05, 0) is 13.3 Å². The van der Waals surface area contributed by atoms with Crippen molar-refractivity contribution >= 4 is 11.9 Å². The second kappa shape index (κ2) is 6.87. The van der Waals surface area contributed by atoms with Crippen LogP contribution >= 0.6 is 0 Å². The van der Waals surface area contributed by atoms with E-state index in [0.717, 1.165) is 17.7 Å². The first kappa shape index (κ1) is 15.0. The zero-order chi connectivity index (χ0) is 15.2. The SMILES string of the molecule is CCCOc1nc(NC)nc(NCc2cn(C)nc2C)n1. The molecule has 8 heteroatoms. The minimum Gasteiger partial charge on any atom is -0.463 e. The number of anilines is 2. The van der Waals surface area contributed by atoms with Crippen LogP contribution in [0.2, 0.25) is 0 Å². The van der Waals surface area contributed by atoms with Crippen LogP contribution in [0.25, 0.3) is 0 Å². The van der Waals surface area contributed by atoms with Crippen molar-refractivity contribution in [3.8, 4) is 6.01 Å². The normalized spacial score (nSPS) is 10.5. The van der Waals surface area contributed by atoms with Gasteiger partial charge in [-0.15, -0.1) is 0 Å². The lowest BCUT2D eigenvalue weighted by Gasteiger charge is -2.08. The number of hydrogen-bond acceptors (Lipinski definition) is 7. The third-order valence-corrected chi connectivity index (χ3v) is 2.83. The predicted molar refractivity (Wildman–Crippen MR) is 80.4 cm³/mol. The third kappa shape index (κ3) is 4.04. The van der Waals surface area contributed by atoms with Gasteiger partial charge in [0.1, 0.15) is 0 Å². The summed E-state index contributed by atoms with van der Waals surface area (Å²) in [5.74, 6) is 0.949. The van der Waals surface area contributed by atoms with E-state index in [1.165, 1.54) is 0 Å². The summed E-state index contributed by atoms with van der Waals surface area (Å²) >= 11 is 0. The Morgan fingerprint density at radius 3 is 2.62 bits per heavy atom. The molecule has 21 heavy (non-hydrogen) atoms. The maximum absolute atomic E-state index is 5.46. The van der Waals surface area contributed by atoms with Crippen molar-refractivity contribution in [3.05, 3.63) is 17.5 Å². The van der Waals surface area contributed by atoms with Gasteiger partial charge in [-0.1, -0.05) is 6.92 Å². The van der Waals surface area contributed by atoms with E-state index in [1.807, 2.05) is 27.1 Å². The van der Waals surface area contributed by atoms with Gasteiger partial charge in [0.25, 0.3) is 0 Å². The van der Waals surface area contributed by atoms with Crippen molar-refractivity contribution in [2.45, 2.75) is 26.8 Å². The van der Waals surface area contributed by atoms with Crippen LogP contribution in [0.4, 0.5) is 11.9 Å². The molecule has 0 spiro atoms. The highest BCUT2D eigenvalue weighted by atomic mass is 16.5. The van der Waals surface area contributed by atoms with Crippen LogP contribution < -0.4 is 15.4 Å². The Bertz CT molecular complexity index is 596. The van der Waals surface area contributed by atoms with Crippen molar-refractivity contribution in [2.75, 3.05) is 24.3 Å². The Morgan fingerprint density at radius 1 is 1.24 bits per heavy atom. The summed E-state index contributed by atoms with van der Waals surface area (Å²) in [7, 11) is 3.66. The smallest absolute Gasteiger partial charge is 0.323 e. The summed E-state index contributed by atoms with van der Waals surface area (Å²) in [5, 5.41) is 10.4. The lowest BCUT2D eigenvalue weighted by atomic mass is 10.3. The van der Waals surface area contributed by atoms with Crippen LogP contribution in [-0.4, -0.2) is 38.4 Å². The summed E-state index contributed by atoms with van der Waals surface area (Å²) < 4.78 is 7.25. The Labute approximate surface area is 124 Å². The standard InChI is InChI=1S/C13H21N7O/c1-5-6-21-13-17-11(14-3)16-12(18-13)15-7-10-8-20(4)19-9(10)2/h8H,5-7H2,1-4H3,(H2,14,15,16,17,18). The number of aryl methyl sites for hydroxylation is 2. The Balaban J connectivity index is 2.09. The molecule has 0 aliphatic rings. The fourth-order valence-electron chi connectivity index (χ4n) is 1.80. The molecule has 0 saturated heterocycles. The minimum absolute atomic E-state index is 0.321. The molecule has 2 aromatic heterocycles. The molecule has 2 rings (SSSR count). The largest absolute Gasteiger partial charge is 0.463 e. The van der Waals surface area contributed by atoms with Gasteiger partial charge in [-0.3, -0.25) is 4.68 Å². The van der Waals surface area contributed by atoms with Gasteiger partial charge in [0, 0.05) is 32.4 Å². The van der Waals surface area contributed by atoms with Crippen molar-refractivity contribution in [1.82, 2.24) is 24.7 Å². The average molecular weight is 291 g/mol. The van der Waals surface area contributed by atoms with Gasteiger partial charge in [0.15, 0.2) is 0 Å².